The van der Waals surface area contributed by atoms with Crippen molar-refractivity contribution >= 4 is 0 Å². The highest BCUT2D eigenvalue weighted by Crippen LogP contribution is 2.28. The Kier molecular flexibility index (Phi) is 3.97. The van der Waals surface area contributed by atoms with E-state index in [-0.39, 0.29) is 11.7 Å². The van der Waals surface area contributed by atoms with Crippen molar-refractivity contribution in [3.8, 4) is 0 Å². The Morgan fingerprint density at radius 2 is 2.10 bits per heavy atom. The van der Waals surface area contributed by atoms with Gasteiger partial charge >= 0.3 is 5.69 Å². The van der Waals surface area contributed by atoms with Crippen LogP contribution in [0.15, 0.2) is 15.8 Å². The van der Waals surface area contributed by atoms with E-state index in [1.807, 2.05) is 0 Å². The number of hydrogen-bond donors (Lipinski definition) is 2. The van der Waals surface area contributed by atoms with Crippen molar-refractivity contribution in [2.75, 3.05) is 19.6 Å². The third kappa shape index (κ3) is 2.95. The maximum atomic E-state index is 11.9. The molecule has 1 aromatic heterocycles. The molecule has 3 atom stereocenters. The van der Waals surface area contributed by atoms with Crippen LogP contribution in [0.5, 0.6) is 0 Å². The highest BCUT2D eigenvalue weighted by atomic mass is 16.5. The van der Waals surface area contributed by atoms with Gasteiger partial charge in [-0.25, -0.2) is 4.79 Å². The van der Waals surface area contributed by atoms with Crippen molar-refractivity contribution in [1.82, 2.24) is 14.5 Å². The van der Waals surface area contributed by atoms with E-state index in [2.05, 4.69) is 9.88 Å². The van der Waals surface area contributed by atoms with Crippen LogP contribution >= 0.6 is 0 Å². The fourth-order valence-corrected chi connectivity index (χ4v) is 3.07. The summed E-state index contributed by atoms with van der Waals surface area (Å²) in [7, 11) is 0. The molecule has 2 aliphatic heterocycles. The summed E-state index contributed by atoms with van der Waals surface area (Å²) in [4.78, 5) is 27.8. The molecular weight excluding hydrogens is 274 g/mol. The van der Waals surface area contributed by atoms with Crippen molar-refractivity contribution in [3.63, 3.8) is 0 Å². The Balaban J connectivity index is 1.74. The standard InChI is InChI=1S/C14H21N3O4/c1-9-7-17(14(20)15-13(9)19)12-6-10(18)11(21-12)8-16-4-2-3-5-16/h7,10-12,18H,2-6,8H2,1H3,(H,15,19,20)/t10-,11+,12+/m0/s1. The molecule has 7 heteroatoms. The number of rotatable bonds is 3. The average Bonchev–Trinajstić information content (AvgIpc) is 3.05. The second kappa shape index (κ2) is 5.75. The first kappa shape index (κ1) is 14.5. The Hall–Kier alpha value is -1.44. The molecule has 2 aliphatic rings. The van der Waals surface area contributed by atoms with Gasteiger partial charge in [0.05, 0.1) is 12.2 Å². The monoisotopic (exact) mass is 295 g/mol. The number of aryl methyl sites for hydroxylation is 1. The van der Waals surface area contributed by atoms with Gasteiger partial charge in [0.15, 0.2) is 0 Å². The van der Waals surface area contributed by atoms with Gasteiger partial charge < -0.3 is 14.7 Å². The molecule has 0 aromatic carbocycles. The van der Waals surface area contributed by atoms with Crippen molar-refractivity contribution in [3.05, 3.63) is 32.6 Å². The molecule has 21 heavy (non-hydrogen) atoms. The van der Waals surface area contributed by atoms with Crippen LogP contribution in [-0.2, 0) is 4.74 Å². The van der Waals surface area contributed by atoms with Crippen molar-refractivity contribution in [2.45, 2.75) is 44.6 Å². The molecule has 116 valence electrons. The zero-order chi connectivity index (χ0) is 15.0. The van der Waals surface area contributed by atoms with Crippen LogP contribution < -0.4 is 11.2 Å². The lowest BCUT2D eigenvalue weighted by Crippen LogP contribution is -2.36. The van der Waals surface area contributed by atoms with Crippen LogP contribution in [0.2, 0.25) is 0 Å². The summed E-state index contributed by atoms with van der Waals surface area (Å²) in [6.07, 6.45) is 2.84. The average molecular weight is 295 g/mol. The third-order valence-electron chi connectivity index (χ3n) is 4.30. The number of hydrogen-bond acceptors (Lipinski definition) is 5. The minimum Gasteiger partial charge on any atom is -0.390 e. The van der Waals surface area contributed by atoms with Gasteiger partial charge in [-0.1, -0.05) is 0 Å². The lowest BCUT2D eigenvalue weighted by molar-refractivity contribution is -0.0336. The van der Waals surface area contributed by atoms with Crippen LogP contribution in [0.25, 0.3) is 0 Å². The number of likely N-dealkylation sites (tertiary alicyclic amines) is 1. The second-order valence-corrected chi connectivity index (χ2v) is 5.92. The Labute approximate surface area is 122 Å². The lowest BCUT2D eigenvalue weighted by atomic mass is 10.1. The number of aliphatic hydroxyl groups excluding tert-OH is 1. The summed E-state index contributed by atoms with van der Waals surface area (Å²) >= 11 is 0. The highest BCUT2D eigenvalue weighted by molar-refractivity contribution is 5.02. The zero-order valence-electron chi connectivity index (χ0n) is 12.1. The van der Waals surface area contributed by atoms with Crippen LogP contribution in [0.3, 0.4) is 0 Å². The molecular formula is C14H21N3O4. The van der Waals surface area contributed by atoms with Gasteiger partial charge in [-0.2, -0.15) is 0 Å². The number of aromatic amines is 1. The Morgan fingerprint density at radius 1 is 1.38 bits per heavy atom. The molecule has 3 rings (SSSR count). The molecule has 0 amide bonds. The predicted molar refractivity (Wildman–Crippen MR) is 76.3 cm³/mol. The topological polar surface area (TPSA) is 87.6 Å². The first-order chi connectivity index (χ1) is 10.0. The van der Waals surface area contributed by atoms with E-state index in [0.29, 0.717) is 18.5 Å². The SMILES string of the molecule is Cc1cn([C@H]2C[C@H](O)[C@@H](CN3CCCC3)O2)c(=O)[nH]c1=O. The molecule has 0 bridgehead atoms. The summed E-state index contributed by atoms with van der Waals surface area (Å²) in [5.41, 5.74) is -0.427. The van der Waals surface area contributed by atoms with E-state index in [0.717, 1.165) is 13.1 Å². The van der Waals surface area contributed by atoms with Crippen molar-refractivity contribution in [1.29, 1.82) is 0 Å². The summed E-state index contributed by atoms with van der Waals surface area (Å²) in [5.74, 6) is 0. The zero-order valence-corrected chi connectivity index (χ0v) is 12.1. The fraction of sp³-hybridized carbons (Fsp3) is 0.714. The van der Waals surface area contributed by atoms with Gasteiger partial charge in [-0.15, -0.1) is 0 Å². The molecule has 1 aromatic rings. The lowest BCUT2D eigenvalue weighted by Gasteiger charge is -2.22. The number of aliphatic hydroxyl groups is 1. The minimum absolute atomic E-state index is 0.285. The van der Waals surface area contributed by atoms with E-state index in [1.165, 1.54) is 23.6 Å². The van der Waals surface area contributed by atoms with Crippen molar-refractivity contribution in [2.24, 2.45) is 0 Å². The maximum Gasteiger partial charge on any atom is 0.330 e. The molecule has 0 unspecified atom stereocenters. The third-order valence-corrected chi connectivity index (χ3v) is 4.30. The fourth-order valence-electron chi connectivity index (χ4n) is 3.07. The van der Waals surface area contributed by atoms with Crippen LogP contribution in [0, 0.1) is 6.92 Å². The minimum atomic E-state index is -0.588. The normalized spacial score (nSPS) is 30.1. The molecule has 0 radical (unpaired) electrons. The number of H-pyrrole nitrogens is 1. The maximum absolute atomic E-state index is 11.9. The van der Waals surface area contributed by atoms with Crippen LogP contribution in [0.4, 0.5) is 0 Å². The summed E-state index contributed by atoms with van der Waals surface area (Å²) < 4.78 is 7.21. The van der Waals surface area contributed by atoms with E-state index >= 15 is 0 Å². The highest BCUT2D eigenvalue weighted by Gasteiger charge is 2.36. The summed E-state index contributed by atoms with van der Waals surface area (Å²) in [6, 6.07) is 0. The van der Waals surface area contributed by atoms with E-state index in [1.54, 1.807) is 6.92 Å². The molecule has 2 saturated heterocycles. The van der Waals surface area contributed by atoms with Gasteiger partial charge in [0.2, 0.25) is 0 Å². The van der Waals surface area contributed by atoms with Gasteiger partial charge in [-0.05, 0) is 32.9 Å². The number of ether oxygens (including phenoxy) is 1. The molecule has 7 nitrogen and oxygen atoms in total. The Bertz CT molecular complexity index is 617. The first-order valence-corrected chi connectivity index (χ1v) is 7.42. The summed E-state index contributed by atoms with van der Waals surface area (Å²) in [6.45, 7) is 4.40. The number of nitrogens with one attached hydrogen (secondary N) is 1. The number of aromatic nitrogens is 2. The van der Waals surface area contributed by atoms with Crippen LogP contribution in [-0.4, -0.2) is 51.4 Å². The predicted octanol–water partition coefficient (Wildman–Crippen LogP) is -0.411. The quantitative estimate of drug-likeness (QED) is 0.791. The molecule has 2 fully saturated rings. The smallest absolute Gasteiger partial charge is 0.330 e. The summed E-state index contributed by atoms with van der Waals surface area (Å²) in [5, 5.41) is 10.2. The first-order valence-electron chi connectivity index (χ1n) is 7.42. The van der Waals surface area contributed by atoms with Gasteiger partial charge in [0.25, 0.3) is 5.56 Å². The van der Waals surface area contributed by atoms with Gasteiger partial charge in [0.1, 0.15) is 6.23 Å². The molecule has 0 aliphatic carbocycles. The van der Waals surface area contributed by atoms with E-state index in [9.17, 15) is 14.7 Å². The second-order valence-electron chi connectivity index (χ2n) is 5.92. The largest absolute Gasteiger partial charge is 0.390 e. The van der Waals surface area contributed by atoms with Crippen molar-refractivity contribution < 1.29 is 9.84 Å². The Morgan fingerprint density at radius 3 is 2.81 bits per heavy atom. The molecule has 2 N–H and O–H groups in total. The van der Waals surface area contributed by atoms with E-state index < -0.39 is 18.0 Å². The van der Waals surface area contributed by atoms with E-state index in [4.69, 9.17) is 4.74 Å². The van der Waals surface area contributed by atoms with Crippen LogP contribution in [0.1, 0.15) is 31.1 Å². The molecule has 0 saturated carbocycles. The van der Waals surface area contributed by atoms with Gasteiger partial charge in [0, 0.05) is 24.7 Å². The number of nitrogens with zero attached hydrogens (tertiary/aromatic N) is 2. The van der Waals surface area contributed by atoms with Gasteiger partial charge in [-0.3, -0.25) is 14.3 Å². The molecule has 0 spiro atoms. The molecule has 3 heterocycles.